The van der Waals surface area contributed by atoms with Gasteiger partial charge in [-0.3, -0.25) is 0 Å². The molecule has 0 aromatic heterocycles. The first-order chi connectivity index (χ1) is 7.57. The van der Waals surface area contributed by atoms with Crippen molar-refractivity contribution in [3.63, 3.8) is 0 Å². The van der Waals surface area contributed by atoms with Gasteiger partial charge in [0.25, 0.3) is 0 Å². The minimum absolute atomic E-state index is 0.0350. The topological polar surface area (TPSA) is 0 Å². The third kappa shape index (κ3) is 2.58. The molecule has 0 bridgehead atoms. The number of alkyl halides is 3. The second-order valence-electron chi connectivity index (χ2n) is 3.44. The smallest absolute Gasteiger partial charge is 0.189 e. The van der Waals surface area contributed by atoms with E-state index in [1.807, 2.05) is 30.3 Å². The van der Waals surface area contributed by atoms with E-state index in [1.54, 1.807) is 12.1 Å². The zero-order chi connectivity index (χ0) is 11.6. The summed E-state index contributed by atoms with van der Waals surface area (Å²) in [7, 11) is 0. The van der Waals surface area contributed by atoms with Crippen molar-refractivity contribution in [3.05, 3.63) is 60.2 Å². The zero-order valence-electron chi connectivity index (χ0n) is 8.33. The van der Waals surface area contributed by atoms with Gasteiger partial charge in [-0.1, -0.05) is 54.6 Å². The van der Waals surface area contributed by atoms with Crippen LogP contribution in [0.5, 0.6) is 0 Å². The Morgan fingerprint density at radius 3 is 1.75 bits per heavy atom. The van der Waals surface area contributed by atoms with Gasteiger partial charge < -0.3 is 0 Å². The highest BCUT2D eigenvalue weighted by Crippen LogP contribution is 2.35. The van der Waals surface area contributed by atoms with Crippen LogP contribution in [-0.4, -0.2) is 0 Å². The number of hydrogen-bond donors (Lipinski definition) is 0. The molecule has 0 amide bonds. The summed E-state index contributed by atoms with van der Waals surface area (Å²) >= 11 is 1.14. The maximum absolute atomic E-state index is 13.0. The van der Waals surface area contributed by atoms with Crippen LogP contribution in [-0.2, 0) is 3.93 Å². The van der Waals surface area contributed by atoms with E-state index >= 15 is 0 Å². The summed E-state index contributed by atoms with van der Waals surface area (Å²) < 4.78 is 23.2. The van der Waals surface area contributed by atoms with E-state index in [1.165, 1.54) is 12.1 Å². The van der Waals surface area contributed by atoms with Gasteiger partial charge in [-0.05, 0) is 11.1 Å². The Bertz CT molecular complexity index is 458. The first-order valence-electron chi connectivity index (χ1n) is 4.80. The fraction of sp³-hybridized carbons (Fsp3) is 0.0769. The second-order valence-corrected chi connectivity index (χ2v) is 4.80. The molecule has 0 N–H and O–H groups in total. The van der Waals surface area contributed by atoms with Crippen LogP contribution in [0.15, 0.2) is 54.6 Å². The molecule has 0 spiro atoms. The summed E-state index contributed by atoms with van der Waals surface area (Å²) in [6, 6.07) is 16.1. The van der Waals surface area contributed by atoms with Crippen LogP contribution in [0.3, 0.4) is 0 Å². The van der Waals surface area contributed by atoms with Crippen molar-refractivity contribution in [2.45, 2.75) is 3.93 Å². The van der Waals surface area contributed by atoms with Gasteiger partial charge in [-0.2, -0.15) is 8.78 Å². The average Bonchev–Trinajstić information content (AvgIpc) is 2.29. The van der Waals surface area contributed by atoms with Crippen molar-refractivity contribution >= 4 is 22.6 Å². The van der Waals surface area contributed by atoms with Crippen molar-refractivity contribution in [1.82, 2.24) is 0 Å². The zero-order valence-corrected chi connectivity index (χ0v) is 10.5. The second kappa shape index (κ2) is 4.49. The van der Waals surface area contributed by atoms with Crippen molar-refractivity contribution in [1.29, 1.82) is 0 Å². The van der Waals surface area contributed by atoms with Crippen LogP contribution in [0.25, 0.3) is 11.1 Å². The minimum Gasteiger partial charge on any atom is -0.189 e. The lowest BCUT2D eigenvalue weighted by Gasteiger charge is -2.09. The number of halogens is 3. The predicted octanol–water partition coefficient (Wildman–Crippen LogP) is 4.84. The molecule has 82 valence electrons. The van der Waals surface area contributed by atoms with Gasteiger partial charge in [-0.15, -0.1) is 0 Å². The number of benzene rings is 2. The van der Waals surface area contributed by atoms with E-state index in [2.05, 4.69) is 0 Å². The van der Waals surface area contributed by atoms with Crippen LogP contribution in [0.1, 0.15) is 5.56 Å². The first-order valence-corrected chi connectivity index (χ1v) is 5.88. The summed E-state index contributed by atoms with van der Waals surface area (Å²) in [5, 5.41) is 0. The molecule has 0 saturated carbocycles. The fourth-order valence-corrected chi connectivity index (χ4v) is 1.84. The molecule has 0 aliphatic heterocycles. The normalized spacial score (nSPS) is 11.4. The monoisotopic (exact) mass is 330 g/mol. The Morgan fingerprint density at radius 2 is 1.25 bits per heavy atom. The maximum Gasteiger partial charge on any atom is 0.321 e. The lowest BCUT2D eigenvalue weighted by Crippen LogP contribution is -2.01. The summed E-state index contributed by atoms with van der Waals surface area (Å²) in [5.41, 5.74) is 2.02. The van der Waals surface area contributed by atoms with Gasteiger partial charge >= 0.3 is 3.93 Å². The summed E-state index contributed by atoms with van der Waals surface area (Å²) in [6.07, 6.45) is 0. The van der Waals surface area contributed by atoms with Gasteiger partial charge in [-0.25, -0.2) is 0 Å². The van der Waals surface area contributed by atoms with Crippen LogP contribution >= 0.6 is 22.6 Å². The summed E-state index contributed by atoms with van der Waals surface area (Å²) in [4.78, 5) is 0. The van der Waals surface area contributed by atoms with Crippen molar-refractivity contribution in [2.75, 3.05) is 0 Å². The molecule has 0 atom stereocenters. The molecule has 16 heavy (non-hydrogen) atoms. The largest absolute Gasteiger partial charge is 0.321 e. The Labute approximate surface area is 106 Å². The Balaban J connectivity index is 2.34. The summed E-state index contributed by atoms with van der Waals surface area (Å²) in [6.45, 7) is 0. The molecule has 2 rings (SSSR count). The van der Waals surface area contributed by atoms with Crippen molar-refractivity contribution < 1.29 is 8.78 Å². The average molecular weight is 330 g/mol. The van der Waals surface area contributed by atoms with E-state index in [0.717, 1.165) is 33.7 Å². The molecule has 0 aliphatic carbocycles. The minimum atomic E-state index is -2.80. The fourth-order valence-electron chi connectivity index (χ4n) is 1.48. The number of hydrogen-bond acceptors (Lipinski definition) is 0. The lowest BCUT2D eigenvalue weighted by molar-refractivity contribution is 0.127. The Morgan fingerprint density at radius 1 is 0.750 bits per heavy atom. The highest BCUT2D eigenvalue weighted by molar-refractivity contribution is 14.1. The molecular formula is C13H9F2I. The van der Waals surface area contributed by atoms with Crippen LogP contribution in [0.4, 0.5) is 8.78 Å². The van der Waals surface area contributed by atoms with Crippen LogP contribution < -0.4 is 0 Å². The van der Waals surface area contributed by atoms with Gasteiger partial charge in [0.05, 0.1) is 0 Å². The van der Waals surface area contributed by atoms with Crippen molar-refractivity contribution in [3.8, 4) is 11.1 Å². The molecule has 0 radical (unpaired) electrons. The van der Waals surface area contributed by atoms with Crippen LogP contribution in [0.2, 0.25) is 0 Å². The van der Waals surface area contributed by atoms with Gasteiger partial charge in [0, 0.05) is 28.2 Å². The molecule has 3 heteroatoms. The van der Waals surface area contributed by atoms with Gasteiger partial charge in [0.1, 0.15) is 0 Å². The highest BCUT2D eigenvalue weighted by Gasteiger charge is 2.26. The third-order valence-electron chi connectivity index (χ3n) is 2.32. The van der Waals surface area contributed by atoms with E-state index in [4.69, 9.17) is 0 Å². The van der Waals surface area contributed by atoms with Gasteiger partial charge in [0.2, 0.25) is 0 Å². The molecule has 0 fully saturated rings. The maximum atomic E-state index is 13.0. The van der Waals surface area contributed by atoms with Crippen LogP contribution in [0, 0.1) is 0 Å². The third-order valence-corrected chi connectivity index (χ3v) is 2.94. The molecule has 0 aliphatic rings. The van der Waals surface area contributed by atoms with E-state index < -0.39 is 3.93 Å². The standard InChI is InChI=1S/C13H9F2I/c14-13(15,16)12-8-6-11(7-9-12)10-4-2-1-3-5-10/h1-9H. The Hall–Kier alpha value is -0.970. The SMILES string of the molecule is FC(F)(I)c1ccc(-c2ccccc2)cc1. The van der Waals surface area contributed by atoms with Crippen molar-refractivity contribution in [2.24, 2.45) is 0 Å². The molecular weight excluding hydrogens is 321 g/mol. The molecule has 0 nitrogen and oxygen atoms in total. The highest BCUT2D eigenvalue weighted by atomic mass is 127. The Kier molecular flexibility index (Phi) is 3.23. The predicted molar refractivity (Wildman–Crippen MR) is 69.8 cm³/mol. The quantitative estimate of drug-likeness (QED) is 0.546. The van der Waals surface area contributed by atoms with E-state index in [0.29, 0.717) is 0 Å². The molecule has 0 unspecified atom stereocenters. The van der Waals surface area contributed by atoms with E-state index in [9.17, 15) is 8.78 Å². The lowest BCUT2D eigenvalue weighted by atomic mass is 10.0. The molecule has 0 heterocycles. The van der Waals surface area contributed by atoms with E-state index in [-0.39, 0.29) is 5.56 Å². The number of rotatable bonds is 2. The molecule has 2 aromatic rings. The molecule has 0 saturated heterocycles. The molecule has 2 aromatic carbocycles. The van der Waals surface area contributed by atoms with Gasteiger partial charge in [0.15, 0.2) is 0 Å². The first kappa shape index (κ1) is 11.5. The summed E-state index contributed by atoms with van der Waals surface area (Å²) in [5.74, 6) is 0.